The van der Waals surface area contributed by atoms with Crippen molar-refractivity contribution in [1.82, 2.24) is 10.2 Å². The molecule has 1 heterocycles. The van der Waals surface area contributed by atoms with E-state index in [-0.39, 0.29) is 12.5 Å². The number of piperidine rings is 1. The van der Waals surface area contributed by atoms with Crippen molar-refractivity contribution in [1.29, 1.82) is 0 Å². The average molecular weight is 334 g/mol. The Hall–Kier alpha value is -1.73. The Balaban J connectivity index is 2.04. The van der Waals surface area contributed by atoms with Crippen LogP contribution in [-0.2, 0) is 4.79 Å². The van der Waals surface area contributed by atoms with E-state index in [1.807, 2.05) is 47.4 Å². The van der Waals surface area contributed by atoms with Crippen LogP contribution in [0.5, 0.6) is 0 Å². The molecule has 0 saturated carbocycles. The molecule has 2 rings (SSSR count). The molecule has 1 aliphatic rings. The number of carbonyl (C=O) groups excluding carboxylic acids is 1. The zero-order valence-corrected chi connectivity index (χ0v) is 13.9. The Morgan fingerprint density at radius 2 is 2.00 bits per heavy atom. The van der Waals surface area contributed by atoms with Gasteiger partial charge >= 0.3 is 0 Å². The van der Waals surface area contributed by atoms with E-state index < -0.39 is 24.3 Å². The molecule has 1 aromatic rings. The predicted octanol–water partition coefficient (Wildman–Crippen LogP) is -0.00710. The summed E-state index contributed by atoms with van der Waals surface area (Å²) in [5.41, 5.74) is 1.06. The van der Waals surface area contributed by atoms with Gasteiger partial charge in [-0.1, -0.05) is 49.4 Å². The van der Waals surface area contributed by atoms with Gasteiger partial charge in [-0.15, -0.1) is 0 Å². The molecule has 4 unspecified atom stereocenters. The number of hydrogen-bond acceptors (Lipinski definition) is 5. The van der Waals surface area contributed by atoms with Gasteiger partial charge in [0, 0.05) is 19.5 Å². The Kier molecular flexibility index (Phi) is 6.93. The van der Waals surface area contributed by atoms with E-state index in [1.165, 1.54) is 0 Å². The van der Waals surface area contributed by atoms with E-state index >= 15 is 0 Å². The lowest BCUT2D eigenvalue weighted by Crippen LogP contribution is -2.66. The molecule has 1 saturated heterocycles. The van der Waals surface area contributed by atoms with Gasteiger partial charge in [-0.2, -0.15) is 0 Å². The number of nitrogens with zero attached hydrogens (tertiary/aromatic N) is 1. The van der Waals surface area contributed by atoms with Crippen molar-refractivity contribution in [2.24, 2.45) is 0 Å². The van der Waals surface area contributed by atoms with Gasteiger partial charge < -0.3 is 20.6 Å². The van der Waals surface area contributed by atoms with Crippen molar-refractivity contribution in [2.75, 3.05) is 19.7 Å². The average Bonchev–Trinajstić information content (AvgIpc) is 2.60. The number of amides is 1. The summed E-state index contributed by atoms with van der Waals surface area (Å²) in [5.74, 6) is -0.173. The maximum Gasteiger partial charge on any atom is 0.220 e. The Bertz CT molecular complexity index is 549. The van der Waals surface area contributed by atoms with E-state index in [4.69, 9.17) is 0 Å². The normalized spacial score (nSPS) is 28.2. The van der Waals surface area contributed by atoms with Crippen LogP contribution in [0.4, 0.5) is 0 Å². The molecule has 6 heteroatoms. The van der Waals surface area contributed by atoms with Gasteiger partial charge in [0.25, 0.3) is 0 Å². The molecular weight excluding hydrogens is 308 g/mol. The lowest BCUT2D eigenvalue weighted by Gasteiger charge is -2.44. The third-order valence-electron chi connectivity index (χ3n) is 4.36. The molecule has 1 aliphatic heterocycles. The molecule has 4 N–H and O–H groups in total. The number of nitrogens with one attached hydrogen (secondary N) is 1. The van der Waals surface area contributed by atoms with Crippen LogP contribution in [0.1, 0.15) is 18.9 Å². The van der Waals surface area contributed by atoms with Gasteiger partial charge in [0.15, 0.2) is 0 Å². The summed E-state index contributed by atoms with van der Waals surface area (Å²) in [6, 6.07) is 8.71. The summed E-state index contributed by atoms with van der Waals surface area (Å²) in [7, 11) is 0. The minimum Gasteiger partial charge on any atom is -0.395 e. The lowest BCUT2D eigenvalue weighted by atomic mass is 9.92. The minimum absolute atomic E-state index is 0.173. The molecule has 0 spiro atoms. The molecule has 1 amide bonds. The number of aliphatic hydroxyl groups excluding tert-OH is 3. The molecule has 1 aromatic carbocycles. The van der Waals surface area contributed by atoms with Crippen LogP contribution in [0.15, 0.2) is 36.4 Å². The highest BCUT2D eigenvalue weighted by molar-refractivity contribution is 5.76. The van der Waals surface area contributed by atoms with Crippen molar-refractivity contribution in [3.63, 3.8) is 0 Å². The standard InChI is InChI=1S/C18H26N2O4/c1-2-16(22)19-14-11-20(15(12-21)18(24)17(14)23)10-6-9-13-7-4-3-5-8-13/h3-9,14-15,17-18,21,23-24H,2,10-12H2,1H3,(H,19,22). The van der Waals surface area contributed by atoms with Crippen LogP contribution in [0.3, 0.4) is 0 Å². The summed E-state index contributed by atoms with van der Waals surface area (Å²) in [6.07, 6.45) is 2.02. The first-order chi connectivity index (χ1) is 11.6. The third kappa shape index (κ3) is 4.64. The summed E-state index contributed by atoms with van der Waals surface area (Å²) >= 11 is 0. The van der Waals surface area contributed by atoms with E-state index in [2.05, 4.69) is 5.32 Å². The van der Waals surface area contributed by atoms with Gasteiger partial charge in [-0.25, -0.2) is 0 Å². The van der Waals surface area contributed by atoms with Crippen molar-refractivity contribution in [3.05, 3.63) is 42.0 Å². The molecular formula is C18H26N2O4. The van der Waals surface area contributed by atoms with Crippen molar-refractivity contribution >= 4 is 12.0 Å². The van der Waals surface area contributed by atoms with E-state index in [0.717, 1.165) is 5.56 Å². The highest BCUT2D eigenvalue weighted by Gasteiger charge is 2.41. The SMILES string of the molecule is CCC(=O)NC1CN(CC=Cc2ccccc2)C(CO)C(O)C1O. The Morgan fingerprint density at radius 3 is 2.62 bits per heavy atom. The zero-order chi connectivity index (χ0) is 17.5. The molecule has 6 nitrogen and oxygen atoms in total. The van der Waals surface area contributed by atoms with Crippen LogP contribution in [0, 0.1) is 0 Å². The van der Waals surface area contributed by atoms with Crippen LogP contribution in [0.2, 0.25) is 0 Å². The number of likely N-dealkylation sites (tertiary alicyclic amines) is 1. The van der Waals surface area contributed by atoms with Crippen LogP contribution >= 0.6 is 0 Å². The van der Waals surface area contributed by atoms with Crippen molar-refractivity contribution in [2.45, 2.75) is 37.6 Å². The predicted molar refractivity (Wildman–Crippen MR) is 92.2 cm³/mol. The maximum atomic E-state index is 11.6. The summed E-state index contributed by atoms with van der Waals surface area (Å²) < 4.78 is 0. The largest absolute Gasteiger partial charge is 0.395 e. The molecule has 132 valence electrons. The first-order valence-corrected chi connectivity index (χ1v) is 8.28. The van der Waals surface area contributed by atoms with Crippen molar-refractivity contribution < 1.29 is 20.1 Å². The molecule has 0 aromatic heterocycles. The van der Waals surface area contributed by atoms with E-state index in [0.29, 0.717) is 19.5 Å². The molecule has 0 radical (unpaired) electrons. The van der Waals surface area contributed by atoms with Crippen LogP contribution in [0.25, 0.3) is 6.08 Å². The maximum absolute atomic E-state index is 11.6. The van der Waals surface area contributed by atoms with E-state index in [9.17, 15) is 20.1 Å². The molecule has 24 heavy (non-hydrogen) atoms. The fourth-order valence-electron chi connectivity index (χ4n) is 2.94. The number of rotatable bonds is 6. The summed E-state index contributed by atoms with van der Waals surface area (Å²) in [5, 5.41) is 32.7. The van der Waals surface area contributed by atoms with E-state index in [1.54, 1.807) is 6.92 Å². The number of benzene rings is 1. The first-order valence-electron chi connectivity index (χ1n) is 8.28. The van der Waals surface area contributed by atoms with Crippen molar-refractivity contribution in [3.8, 4) is 0 Å². The van der Waals surface area contributed by atoms with Gasteiger partial charge in [0.2, 0.25) is 5.91 Å². The Morgan fingerprint density at radius 1 is 1.29 bits per heavy atom. The minimum atomic E-state index is -1.11. The van der Waals surface area contributed by atoms with Crippen LogP contribution in [-0.4, -0.2) is 70.1 Å². The topological polar surface area (TPSA) is 93.0 Å². The van der Waals surface area contributed by atoms with Gasteiger partial charge in [-0.3, -0.25) is 9.69 Å². The molecule has 0 bridgehead atoms. The van der Waals surface area contributed by atoms with Gasteiger partial charge in [0.1, 0.15) is 6.10 Å². The highest BCUT2D eigenvalue weighted by Crippen LogP contribution is 2.19. The first kappa shape index (κ1) is 18.6. The second-order valence-corrected chi connectivity index (χ2v) is 6.03. The second kappa shape index (κ2) is 8.94. The van der Waals surface area contributed by atoms with Gasteiger partial charge in [0.05, 0.1) is 24.8 Å². The van der Waals surface area contributed by atoms with Crippen LogP contribution < -0.4 is 5.32 Å². The highest BCUT2D eigenvalue weighted by atomic mass is 16.3. The third-order valence-corrected chi connectivity index (χ3v) is 4.36. The summed E-state index contributed by atoms with van der Waals surface area (Å²) in [4.78, 5) is 13.5. The lowest BCUT2D eigenvalue weighted by molar-refractivity contribution is -0.129. The fourth-order valence-corrected chi connectivity index (χ4v) is 2.94. The smallest absolute Gasteiger partial charge is 0.220 e. The molecule has 1 fully saturated rings. The molecule has 0 aliphatic carbocycles. The second-order valence-electron chi connectivity index (χ2n) is 6.03. The monoisotopic (exact) mass is 334 g/mol. The van der Waals surface area contributed by atoms with Gasteiger partial charge in [-0.05, 0) is 5.56 Å². The Labute approximate surface area is 142 Å². The molecule has 4 atom stereocenters. The number of carbonyl (C=O) groups is 1. The number of hydrogen-bond donors (Lipinski definition) is 4. The quantitative estimate of drug-likeness (QED) is 0.587. The number of aliphatic hydroxyl groups is 3. The summed E-state index contributed by atoms with van der Waals surface area (Å²) in [6.45, 7) is 2.35. The zero-order valence-electron chi connectivity index (χ0n) is 13.9. The fraction of sp³-hybridized carbons (Fsp3) is 0.500.